The van der Waals surface area contributed by atoms with Crippen molar-refractivity contribution >= 4 is 17.7 Å². The lowest BCUT2D eigenvalue weighted by molar-refractivity contribution is -0.123. The van der Waals surface area contributed by atoms with E-state index in [0.29, 0.717) is 18.2 Å². The zero-order chi connectivity index (χ0) is 14.7. The zero-order valence-electron chi connectivity index (χ0n) is 12.4. The van der Waals surface area contributed by atoms with Crippen LogP contribution in [-0.2, 0) is 4.79 Å². The van der Waals surface area contributed by atoms with Gasteiger partial charge in [-0.05, 0) is 55.4 Å². The number of nitrogens with one attached hydrogen (secondary N) is 2. The summed E-state index contributed by atoms with van der Waals surface area (Å²) in [5.41, 5.74) is 0. The topological polar surface area (TPSA) is 83.6 Å². The van der Waals surface area contributed by atoms with E-state index in [4.69, 9.17) is 0 Å². The first-order chi connectivity index (χ1) is 10.3. The molecule has 7 heteroatoms. The Bertz CT molecular complexity index is 466. The molecule has 2 aliphatic carbocycles. The number of carbonyl (C=O) groups is 1. The summed E-state index contributed by atoms with van der Waals surface area (Å²) in [7, 11) is 0. The first-order valence-corrected chi connectivity index (χ1v) is 9.17. The fourth-order valence-corrected chi connectivity index (χ4v) is 4.41. The molecule has 2 saturated carbocycles. The zero-order valence-corrected chi connectivity index (χ0v) is 13.2. The Kier molecular flexibility index (Phi) is 4.77. The van der Waals surface area contributed by atoms with E-state index in [2.05, 4.69) is 32.2 Å². The molecule has 1 amide bonds. The fraction of sp³-hybridized carbons (Fsp3) is 0.857. The SMILES string of the molecule is CSCC[C@H](NC(=O)CC1CC2CCC1C2)c1nn[nH]n1. The monoisotopic (exact) mass is 309 g/mol. The number of aromatic amines is 1. The molecular formula is C14H23N5OS. The number of aromatic nitrogens is 4. The average Bonchev–Trinajstić information content (AvgIpc) is 3.19. The van der Waals surface area contributed by atoms with Crippen LogP contribution in [0.25, 0.3) is 0 Å². The van der Waals surface area contributed by atoms with Gasteiger partial charge >= 0.3 is 0 Å². The van der Waals surface area contributed by atoms with Crippen LogP contribution >= 0.6 is 11.8 Å². The third-order valence-electron chi connectivity index (χ3n) is 4.95. The van der Waals surface area contributed by atoms with Gasteiger partial charge in [0.1, 0.15) is 0 Å². The summed E-state index contributed by atoms with van der Waals surface area (Å²) >= 11 is 1.76. The lowest BCUT2D eigenvalue weighted by Crippen LogP contribution is -2.32. The van der Waals surface area contributed by atoms with Crippen LogP contribution in [0.15, 0.2) is 0 Å². The summed E-state index contributed by atoms with van der Waals surface area (Å²) < 4.78 is 0. The van der Waals surface area contributed by atoms with Gasteiger partial charge in [-0.2, -0.15) is 17.0 Å². The van der Waals surface area contributed by atoms with Crippen molar-refractivity contribution in [1.29, 1.82) is 0 Å². The van der Waals surface area contributed by atoms with Gasteiger partial charge in [0.05, 0.1) is 6.04 Å². The van der Waals surface area contributed by atoms with Crippen LogP contribution in [0, 0.1) is 17.8 Å². The maximum atomic E-state index is 12.3. The second-order valence-corrected chi connectivity index (χ2v) is 7.30. The van der Waals surface area contributed by atoms with Crippen molar-refractivity contribution < 1.29 is 4.79 Å². The number of hydrogen-bond acceptors (Lipinski definition) is 5. The van der Waals surface area contributed by atoms with E-state index in [9.17, 15) is 4.79 Å². The third kappa shape index (κ3) is 3.56. The minimum absolute atomic E-state index is 0.123. The van der Waals surface area contributed by atoms with Gasteiger partial charge in [0, 0.05) is 6.42 Å². The molecule has 116 valence electrons. The number of carbonyl (C=O) groups excluding carboxylic acids is 1. The summed E-state index contributed by atoms with van der Waals surface area (Å²) in [5.74, 6) is 3.96. The van der Waals surface area contributed by atoms with Crippen LogP contribution in [0.3, 0.4) is 0 Å². The molecule has 2 fully saturated rings. The Morgan fingerprint density at radius 3 is 3.00 bits per heavy atom. The van der Waals surface area contributed by atoms with Crippen molar-refractivity contribution in [2.45, 2.75) is 44.6 Å². The van der Waals surface area contributed by atoms with Crippen LogP contribution in [0.4, 0.5) is 0 Å². The van der Waals surface area contributed by atoms with Crippen molar-refractivity contribution in [3.8, 4) is 0 Å². The number of hydrogen-bond donors (Lipinski definition) is 2. The lowest BCUT2D eigenvalue weighted by Gasteiger charge is -2.22. The second-order valence-electron chi connectivity index (χ2n) is 6.31. The van der Waals surface area contributed by atoms with Gasteiger partial charge in [0.2, 0.25) is 5.91 Å². The Labute approximate surface area is 129 Å². The van der Waals surface area contributed by atoms with E-state index in [-0.39, 0.29) is 11.9 Å². The minimum atomic E-state index is -0.123. The summed E-state index contributed by atoms with van der Waals surface area (Å²) in [5, 5.41) is 17.2. The number of H-pyrrole nitrogens is 1. The van der Waals surface area contributed by atoms with Crippen molar-refractivity contribution in [2.75, 3.05) is 12.0 Å². The Morgan fingerprint density at radius 2 is 2.38 bits per heavy atom. The number of tetrazole rings is 1. The predicted molar refractivity (Wildman–Crippen MR) is 81.6 cm³/mol. The molecule has 0 radical (unpaired) electrons. The van der Waals surface area contributed by atoms with Gasteiger partial charge in [-0.1, -0.05) is 11.6 Å². The quantitative estimate of drug-likeness (QED) is 0.804. The van der Waals surface area contributed by atoms with Crippen molar-refractivity contribution in [1.82, 2.24) is 25.9 Å². The lowest BCUT2D eigenvalue weighted by atomic mass is 9.86. The van der Waals surface area contributed by atoms with E-state index in [1.54, 1.807) is 11.8 Å². The molecular weight excluding hydrogens is 286 g/mol. The Hall–Kier alpha value is -1.11. The molecule has 1 aromatic heterocycles. The standard InChI is InChI=1S/C14H23N5OS/c1-21-5-4-12(14-16-18-19-17-14)15-13(20)8-11-7-9-2-3-10(11)6-9/h9-12H,2-8H2,1H3,(H,15,20)(H,16,17,18,19)/t9?,10?,11?,12-/m0/s1. The fourth-order valence-electron chi connectivity index (χ4n) is 3.94. The van der Waals surface area contributed by atoms with Gasteiger partial charge in [-0.3, -0.25) is 4.79 Å². The van der Waals surface area contributed by atoms with Gasteiger partial charge in [-0.15, -0.1) is 10.2 Å². The summed E-state index contributed by atoms with van der Waals surface area (Å²) in [6.07, 6.45) is 8.85. The molecule has 2 bridgehead atoms. The Balaban J connectivity index is 1.53. The van der Waals surface area contributed by atoms with E-state index in [1.165, 1.54) is 25.7 Å². The molecule has 1 heterocycles. The molecule has 6 nitrogen and oxygen atoms in total. The Morgan fingerprint density at radius 1 is 1.48 bits per heavy atom. The van der Waals surface area contributed by atoms with Gasteiger partial charge in [0.25, 0.3) is 0 Å². The highest BCUT2D eigenvalue weighted by molar-refractivity contribution is 7.98. The number of thioether (sulfide) groups is 1. The van der Waals surface area contributed by atoms with Crippen LogP contribution in [-0.4, -0.2) is 38.5 Å². The number of rotatable bonds is 7. The molecule has 0 spiro atoms. The van der Waals surface area contributed by atoms with Crippen molar-refractivity contribution in [3.05, 3.63) is 5.82 Å². The maximum absolute atomic E-state index is 12.3. The number of nitrogens with zero attached hydrogens (tertiary/aromatic N) is 3. The van der Waals surface area contributed by atoms with Gasteiger partial charge < -0.3 is 5.32 Å². The highest BCUT2D eigenvalue weighted by Gasteiger charge is 2.40. The molecule has 4 atom stereocenters. The van der Waals surface area contributed by atoms with E-state index in [0.717, 1.165) is 24.0 Å². The summed E-state index contributed by atoms with van der Waals surface area (Å²) in [6.45, 7) is 0. The molecule has 1 aromatic rings. The largest absolute Gasteiger partial charge is 0.346 e. The highest BCUT2D eigenvalue weighted by atomic mass is 32.2. The minimum Gasteiger partial charge on any atom is -0.346 e. The number of amides is 1. The predicted octanol–water partition coefficient (Wildman–Crippen LogP) is 1.94. The van der Waals surface area contributed by atoms with E-state index in [1.807, 2.05) is 0 Å². The molecule has 0 saturated heterocycles. The van der Waals surface area contributed by atoms with Crippen LogP contribution < -0.4 is 5.32 Å². The molecule has 3 rings (SSSR count). The normalized spacial score (nSPS) is 28.7. The summed E-state index contributed by atoms with van der Waals surface area (Å²) in [4.78, 5) is 12.3. The van der Waals surface area contributed by atoms with Crippen LogP contribution in [0.2, 0.25) is 0 Å². The number of fused-ring (bicyclic) bond motifs is 2. The van der Waals surface area contributed by atoms with Gasteiger partial charge in [-0.25, -0.2) is 0 Å². The molecule has 2 aliphatic rings. The molecule has 3 unspecified atom stereocenters. The van der Waals surface area contributed by atoms with E-state index >= 15 is 0 Å². The van der Waals surface area contributed by atoms with Crippen LogP contribution in [0.5, 0.6) is 0 Å². The van der Waals surface area contributed by atoms with Crippen molar-refractivity contribution in [3.63, 3.8) is 0 Å². The highest BCUT2D eigenvalue weighted by Crippen LogP contribution is 2.49. The maximum Gasteiger partial charge on any atom is 0.220 e. The molecule has 0 aliphatic heterocycles. The average molecular weight is 309 g/mol. The van der Waals surface area contributed by atoms with Crippen LogP contribution in [0.1, 0.15) is 50.4 Å². The second kappa shape index (κ2) is 6.77. The van der Waals surface area contributed by atoms with Gasteiger partial charge in [0.15, 0.2) is 5.82 Å². The molecule has 2 N–H and O–H groups in total. The molecule has 21 heavy (non-hydrogen) atoms. The first kappa shape index (κ1) is 14.8. The van der Waals surface area contributed by atoms with Crippen molar-refractivity contribution in [2.24, 2.45) is 17.8 Å². The molecule has 0 aromatic carbocycles. The summed E-state index contributed by atoms with van der Waals surface area (Å²) in [6, 6.07) is -0.123. The first-order valence-electron chi connectivity index (χ1n) is 7.78. The third-order valence-corrected chi connectivity index (χ3v) is 5.60. The smallest absolute Gasteiger partial charge is 0.220 e. The van der Waals surface area contributed by atoms with E-state index < -0.39 is 0 Å².